The highest BCUT2D eigenvalue weighted by atomic mass is 16.6. The summed E-state index contributed by atoms with van der Waals surface area (Å²) >= 11 is 0. The van der Waals surface area contributed by atoms with E-state index in [1.165, 1.54) is 18.7 Å². The second-order valence-electron chi connectivity index (χ2n) is 6.17. The van der Waals surface area contributed by atoms with Crippen LogP contribution in [0.4, 0.5) is 4.79 Å². The van der Waals surface area contributed by atoms with Crippen molar-refractivity contribution >= 4 is 12.1 Å². The standard InChI is InChI=1S/C16H21NO5/c1-15(2,13(18)19)16(21)8-9-17(11-16)14(20)22-10-12-6-4-3-5-7-12/h3-7,21H,8-11H2,1-2H3,(H,18,19). The van der Waals surface area contributed by atoms with Crippen LogP contribution in [0.25, 0.3) is 0 Å². The number of carbonyl (C=O) groups excluding carboxylic acids is 1. The average Bonchev–Trinajstić information content (AvgIpc) is 2.90. The molecule has 0 aliphatic carbocycles. The zero-order valence-electron chi connectivity index (χ0n) is 12.8. The van der Waals surface area contributed by atoms with Gasteiger partial charge in [0.1, 0.15) is 6.61 Å². The number of amides is 1. The average molecular weight is 307 g/mol. The van der Waals surface area contributed by atoms with Crippen molar-refractivity contribution in [2.45, 2.75) is 32.5 Å². The van der Waals surface area contributed by atoms with E-state index in [1.807, 2.05) is 30.3 Å². The Kier molecular flexibility index (Phi) is 4.42. The number of nitrogens with zero attached hydrogens (tertiary/aromatic N) is 1. The maximum Gasteiger partial charge on any atom is 0.410 e. The first kappa shape index (κ1) is 16.3. The van der Waals surface area contributed by atoms with E-state index in [0.29, 0.717) is 0 Å². The Bertz CT molecular complexity index is 557. The molecule has 1 fully saturated rings. The number of hydrogen-bond acceptors (Lipinski definition) is 4. The van der Waals surface area contributed by atoms with Crippen molar-refractivity contribution in [1.82, 2.24) is 4.90 Å². The first-order valence-electron chi connectivity index (χ1n) is 7.18. The number of benzene rings is 1. The molecule has 2 rings (SSSR count). The van der Waals surface area contributed by atoms with Gasteiger partial charge in [-0.3, -0.25) is 4.79 Å². The van der Waals surface area contributed by atoms with Crippen molar-refractivity contribution in [3.8, 4) is 0 Å². The van der Waals surface area contributed by atoms with Gasteiger partial charge in [-0.15, -0.1) is 0 Å². The molecule has 1 saturated heterocycles. The molecule has 120 valence electrons. The maximum atomic E-state index is 12.0. The molecule has 0 bridgehead atoms. The van der Waals surface area contributed by atoms with Crippen molar-refractivity contribution in [3.63, 3.8) is 0 Å². The number of ether oxygens (including phenoxy) is 1. The number of likely N-dealkylation sites (tertiary alicyclic amines) is 1. The summed E-state index contributed by atoms with van der Waals surface area (Å²) in [6.07, 6.45) is -0.326. The summed E-state index contributed by atoms with van der Waals surface area (Å²) in [7, 11) is 0. The van der Waals surface area contributed by atoms with Crippen LogP contribution in [0, 0.1) is 5.41 Å². The van der Waals surface area contributed by atoms with E-state index in [9.17, 15) is 19.8 Å². The topological polar surface area (TPSA) is 87.1 Å². The fourth-order valence-electron chi connectivity index (χ4n) is 2.47. The van der Waals surface area contributed by atoms with E-state index in [2.05, 4.69) is 0 Å². The summed E-state index contributed by atoms with van der Waals surface area (Å²) in [5.41, 5.74) is -1.91. The van der Waals surface area contributed by atoms with E-state index in [-0.39, 0.29) is 26.1 Å². The molecule has 0 saturated carbocycles. The van der Waals surface area contributed by atoms with Crippen LogP contribution in [-0.4, -0.2) is 45.9 Å². The number of carboxylic acids is 1. The van der Waals surface area contributed by atoms with Gasteiger partial charge >= 0.3 is 12.1 Å². The van der Waals surface area contributed by atoms with Crippen LogP contribution < -0.4 is 0 Å². The third kappa shape index (κ3) is 3.06. The normalized spacial score (nSPS) is 21.7. The smallest absolute Gasteiger partial charge is 0.410 e. The Morgan fingerprint density at radius 3 is 2.55 bits per heavy atom. The minimum atomic E-state index is -1.45. The number of aliphatic hydroxyl groups is 1. The lowest BCUT2D eigenvalue weighted by Crippen LogP contribution is -2.51. The predicted octanol–water partition coefficient (Wildman–Crippen LogP) is 1.87. The molecule has 6 nitrogen and oxygen atoms in total. The van der Waals surface area contributed by atoms with Gasteiger partial charge in [-0.25, -0.2) is 4.79 Å². The van der Waals surface area contributed by atoms with Gasteiger partial charge in [-0.05, 0) is 25.8 Å². The molecule has 1 atom stereocenters. The van der Waals surface area contributed by atoms with Gasteiger partial charge in [-0.2, -0.15) is 0 Å². The molecule has 0 spiro atoms. The molecule has 1 heterocycles. The summed E-state index contributed by atoms with van der Waals surface area (Å²) in [6.45, 7) is 3.32. The van der Waals surface area contributed by atoms with Crippen LogP contribution in [0.5, 0.6) is 0 Å². The fourth-order valence-corrected chi connectivity index (χ4v) is 2.47. The molecular formula is C16H21NO5. The monoisotopic (exact) mass is 307 g/mol. The molecule has 22 heavy (non-hydrogen) atoms. The number of carbonyl (C=O) groups is 2. The molecule has 1 amide bonds. The molecular weight excluding hydrogens is 286 g/mol. The SMILES string of the molecule is CC(C)(C(=O)O)C1(O)CCN(C(=O)OCc2ccccc2)C1. The summed E-state index contributed by atoms with van der Waals surface area (Å²) in [6, 6.07) is 9.28. The third-order valence-corrected chi connectivity index (χ3v) is 4.41. The Morgan fingerprint density at radius 1 is 1.32 bits per heavy atom. The van der Waals surface area contributed by atoms with E-state index in [1.54, 1.807) is 0 Å². The predicted molar refractivity (Wildman–Crippen MR) is 79.2 cm³/mol. The highest BCUT2D eigenvalue weighted by Gasteiger charge is 2.53. The van der Waals surface area contributed by atoms with Gasteiger partial charge in [0.2, 0.25) is 0 Å². The van der Waals surface area contributed by atoms with Gasteiger partial charge in [0.15, 0.2) is 0 Å². The van der Waals surface area contributed by atoms with Crippen molar-refractivity contribution in [1.29, 1.82) is 0 Å². The molecule has 2 N–H and O–H groups in total. The van der Waals surface area contributed by atoms with Crippen LogP contribution in [0.2, 0.25) is 0 Å². The Hall–Kier alpha value is -2.08. The molecule has 0 aromatic heterocycles. The van der Waals surface area contributed by atoms with Gasteiger partial charge in [-0.1, -0.05) is 30.3 Å². The van der Waals surface area contributed by atoms with Crippen molar-refractivity contribution in [2.75, 3.05) is 13.1 Å². The number of carboxylic acid groups (broad SMARTS) is 1. The lowest BCUT2D eigenvalue weighted by Gasteiger charge is -2.35. The van der Waals surface area contributed by atoms with Crippen LogP contribution in [-0.2, 0) is 16.1 Å². The van der Waals surface area contributed by atoms with Gasteiger partial charge in [0, 0.05) is 6.54 Å². The van der Waals surface area contributed by atoms with Crippen molar-refractivity contribution in [3.05, 3.63) is 35.9 Å². The van der Waals surface area contributed by atoms with Crippen LogP contribution in [0.3, 0.4) is 0 Å². The van der Waals surface area contributed by atoms with Crippen molar-refractivity contribution < 1.29 is 24.5 Å². The fraction of sp³-hybridized carbons (Fsp3) is 0.500. The summed E-state index contributed by atoms with van der Waals surface area (Å²) in [5.74, 6) is -1.09. The van der Waals surface area contributed by atoms with E-state index in [0.717, 1.165) is 5.56 Å². The third-order valence-electron chi connectivity index (χ3n) is 4.41. The van der Waals surface area contributed by atoms with Crippen LogP contribution in [0.15, 0.2) is 30.3 Å². The summed E-state index contributed by atoms with van der Waals surface area (Å²) in [5, 5.41) is 19.8. The minimum absolute atomic E-state index is 0.0417. The van der Waals surface area contributed by atoms with Gasteiger partial charge in [0.25, 0.3) is 0 Å². The highest BCUT2D eigenvalue weighted by Crippen LogP contribution is 2.38. The Balaban J connectivity index is 1.95. The zero-order valence-corrected chi connectivity index (χ0v) is 12.8. The second-order valence-corrected chi connectivity index (χ2v) is 6.17. The molecule has 1 unspecified atom stereocenters. The summed E-state index contributed by atoms with van der Waals surface area (Å²) < 4.78 is 5.21. The van der Waals surface area contributed by atoms with Crippen molar-refractivity contribution in [2.24, 2.45) is 5.41 Å². The molecule has 1 aromatic rings. The number of β-amino-alcohol motifs (C(OH)–C–C–N with tert-alkyl or cyclic N) is 1. The Labute approximate surface area is 129 Å². The second kappa shape index (κ2) is 5.96. The first-order valence-corrected chi connectivity index (χ1v) is 7.18. The molecule has 0 radical (unpaired) electrons. The van der Waals surface area contributed by atoms with Gasteiger partial charge < -0.3 is 19.8 Å². The van der Waals surface area contributed by atoms with E-state index in [4.69, 9.17) is 4.74 Å². The van der Waals surface area contributed by atoms with E-state index < -0.39 is 23.1 Å². The maximum absolute atomic E-state index is 12.0. The van der Waals surface area contributed by atoms with Crippen LogP contribution >= 0.6 is 0 Å². The first-order chi connectivity index (χ1) is 10.3. The quantitative estimate of drug-likeness (QED) is 0.886. The number of hydrogen-bond donors (Lipinski definition) is 2. The molecule has 6 heteroatoms. The summed E-state index contributed by atoms with van der Waals surface area (Å²) in [4.78, 5) is 24.7. The zero-order chi connectivity index (χ0) is 16.4. The number of aliphatic carboxylic acids is 1. The lowest BCUT2D eigenvalue weighted by atomic mass is 9.74. The molecule has 1 aliphatic rings. The largest absolute Gasteiger partial charge is 0.481 e. The molecule has 1 aliphatic heterocycles. The highest BCUT2D eigenvalue weighted by molar-refractivity contribution is 5.76. The number of rotatable bonds is 4. The minimum Gasteiger partial charge on any atom is -0.481 e. The lowest BCUT2D eigenvalue weighted by molar-refractivity contribution is -0.163. The molecule has 1 aromatic carbocycles. The Morgan fingerprint density at radius 2 is 1.95 bits per heavy atom. The van der Waals surface area contributed by atoms with Crippen LogP contribution in [0.1, 0.15) is 25.8 Å². The van der Waals surface area contributed by atoms with E-state index >= 15 is 0 Å². The van der Waals surface area contributed by atoms with Gasteiger partial charge in [0.05, 0.1) is 17.6 Å².